The van der Waals surface area contributed by atoms with Gasteiger partial charge in [0.1, 0.15) is 0 Å². The van der Waals surface area contributed by atoms with Gasteiger partial charge in [0.05, 0.1) is 0 Å². The van der Waals surface area contributed by atoms with Crippen molar-refractivity contribution < 1.29 is 0 Å². The first kappa shape index (κ1) is 9.12. The van der Waals surface area contributed by atoms with Gasteiger partial charge in [-0.15, -0.1) is 0 Å². The number of rotatable bonds is 0. The molecule has 0 N–H and O–H groups in total. The highest BCUT2D eigenvalue weighted by atomic mass is 15.2. The fourth-order valence-electron chi connectivity index (χ4n) is 2.01. The Hall–Kier alpha value is 0.0249. The molecule has 1 saturated heterocycles. The van der Waals surface area contributed by atoms with Crippen molar-refractivity contribution >= 4 is 7.98 Å². The normalized spacial score (nSPS) is 30.3. The van der Waals surface area contributed by atoms with Crippen LogP contribution in [0.1, 0.15) is 47.0 Å². The molecule has 1 aliphatic heterocycles. The van der Waals surface area contributed by atoms with Crippen molar-refractivity contribution in [2.45, 2.75) is 58.0 Å². The predicted octanol–water partition coefficient (Wildman–Crippen LogP) is 2.11. The summed E-state index contributed by atoms with van der Waals surface area (Å²) in [7, 11) is 6.02. The lowest BCUT2D eigenvalue weighted by molar-refractivity contribution is 0.0577. The molecule has 1 rings (SSSR count). The van der Waals surface area contributed by atoms with Crippen LogP contribution in [0.3, 0.4) is 0 Å². The van der Waals surface area contributed by atoms with E-state index in [1.54, 1.807) is 0 Å². The van der Waals surface area contributed by atoms with E-state index in [-0.39, 0.29) is 11.1 Å². The highest BCUT2D eigenvalue weighted by Gasteiger charge is 2.30. The van der Waals surface area contributed by atoms with Crippen LogP contribution in [0.5, 0.6) is 0 Å². The lowest BCUT2D eigenvalue weighted by Gasteiger charge is -2.62. The Balaban J connectivity index is 2.76. The minimum Gasteiger partial charge on any atom is -0.571 e. The minimum atomic E-state index is 0.182. The summed E-state index contributed by atoms with van der Waals surface area (Å²) in [4.78, 5) is 2.02. The number of piperidine rings is 1. The second kappa shape index (κ2) is 2.51. The van der Waals surface area contributed by atoms with Crippen LogP contribution in [-0.4, -0.2) is 23.9 Å². The van der Waals surface area contributed by atoms with Crippen LogP contribution < -0.4 is 0 Å². The van der Waals surface area contributed by atoms with Crippen molar-refractivity contribution in [2.24, 2.45) is 0 Å². The molecule has 0 saturated carbocycles. The lowest BCUT2D eigenvalue weighted by Crippen LogP contribution is -2.57. The van der Waals surface area contributed by atoms with E-state index in [1.807, 2.05) is 4.81 Å². The molecule has 0 unspecified atom stereocenters. The third-order valence-electron chi connectivity index (χ3n) is 2.88. The largest absolute Gasteiger partial charge is 0.571 e. The standard InChI is InChI=1S/C9H18BN/c1-8(2)6-5-7-9(3,4)11(8)10/h5-7H2,1-4H3/q-1. The SMILES string of the molecule is [B-]N1C(C)(C)CCCC1(C)C. The molecule has 63 valence electrons. The fraction of sp³-hybridized carbons (Fsp3) is 1.00. The van der Waals surface area contributed by atoms with Crippen LogP contribution in [0.2, 0.25) is 0 Å². The first-order valence-corrected chi connectivity index (χ1v) is 4.41. The molecule has 0 aliphatic carbocycles. The van der Waals surface area contributed by atoms with Gasteiger partial charge in [-0.2, -0.15) is 0 Å². The van der Waals surface area contributed by atoms with Crippen LogP contribution in [0.25, 0.3) is 0 Å². The van der Waals surface area contributed by atoms with E-state index in [1.165, 1.54) is 19.3 Å². The Morgan fingerprint density at radius 2 is 1.36 bits per heavy atom. The van der Waals surface area contributed by atoms with Gasteiger partial charge in [-0.1, -0.05) is 34.1 Å². The van der Waals surface area contributed by atoms with Crippen molar-refractivity contribution in [3.05, 3.63) is 0 Å². The minimum absolute atomic E-state index is 0.182. The molecule has 0 spiro atoms. The van der Waals surface area contributed by atoms with E-state index in [0.29, 0.717) is 0 Å². The average molecular weight is 151 g/mol. The molecule has 0 bridgehead atoms. The van der Waals surface area contributed by atoms with Crippen LogP contribution in [0, 0.1) is 0 Å². The van der Waals surface area contributed by atoms with E-state index in [4.69, 9.17) is 7.98 Å². The highest BCUT2D eigenvalue weighted by Crippen LogP contribution is 2.35. The molecule has 3 radical (unpaired) electrons. The maximum Gasteiger partial charge on any atom is -0.0272 e. The Bertz CT molecular complexity index is 136. The maximum atomic E-state index is 6.02. The van der Waals surface area contributed by atoms with Crippen molar-refractivity contribution in [1.29, 1.82) is 0 Å². The van der Waals surface area contributed by atoms with Gasteiger partial charge in [0, 0.05) is 0 Å². The summed E-state index contributed by atoms with van der Waals surface area (Å²) in [6, 6.07) is 0. The van der Waals surface area contributed by atoms with Crippen LogP contribution >= 0.6 is 0 Å². The lowest BCUT2D eigenvalue weighted by atomic mass is 9.77. The third kappa shape index (κ3) is 1.61. The van der Waals surface area contributed by atoms with E-state index in [0.717, 1.165) is 0 Å². The molecule has 11 heavy (non-hydrogen) atoms. The summed E-state index contributed by atoms with van der Waals surface area (Å²) in [5.74, 6) is 0. The zero-order valence-electron chi connectivity index (χ0n) is 8.15. The van der Waals surface area contributed by atoms with Gasteiger partial charge >= 0.3 is 0 Å². The number of hydrogen-bond donors (Lipinski definition) is 0. The first-order chi connectivity index (χ1) is 4.86. The third-order valence-corrected chi connectivity index (χ3v) is 2.88. The molecule has 1 nitrogen and oxygen atoms in total. The summed E-state index contributed by atoms with van der Waals surface area (Å²) in [5, 5.41) is 0. The summed E-state index contributed by atoms with van der Waals surface area (Å²) < 4.78 is 0. The molecule has 0 aromatic rings. The van der Waals surface area contributed by atoms with Crippen molar-refractivity contribution in [3.63, 3.8) is 0 Å². The van der Waals surface area contributed by atoms with Gasteiger partial charge in [0.15, 0.2) is 0 Å². The molecule has 1 fully saturated rings. The highest BCUT2D eigenvalue weighted by molar-refractivity contribution is 6.05. The smallest absolute Gasteiger partial charge is 0.0272 e. The summed E-state index contributed by atoms with van der Waals surface area (Å²) >= 11 is 0. The molecule has 0 aromatic heterocycles. The number of hydrogen-bond acceptors (Lipinski definition) is 1. The van der Waals surface area contributed by atoms with E-state index >= 15 is 0 Å². The summed E-state index contributed by atoms with van der Waals surface area (Å²) in [6.45, 7) is 8.86. The quantitative estimate of drug-likeness (QED) is 0.479. The Labute approximate surface area is 71.6 Å². The Morgan fingerprint density at radius 1 is 1.00 bits per heavy atom. The van der Waals surface area contributed by atoms with Crippen molar-refractivity contribution in [3.8, 4) is 0 Å². The topological polar surface area (TPSA) is 3.24 Å². The van der Waals surface area contributed by atoms with E-state index in [2.05, 4.69) is 27.7 Å². The molecule has 1 heterocycles. The Morgan fingerprint density at radius 3 is 1.64 bits per heavy atom. The van der Waals surface area contributed by atoms with E-state index < -0.39 is 0 Å². The number of nitrogens with zero attached hydrogens (tertiary/aromatic N) is 1. The molecule has 0 atom stereocenters. The molecular weight excluding hydrogens is 133 g/mol. The van der Waals surface area contributed by atoms with Gasteiger partial charge in [-0.3, -0.25) is 0 Å². The van der Waals surface area contributed by atoms with Crippen molar-refractivity contribution in [1.82, 2.24) is 4.81 Å². The van der Waals surface area contributed by atoms with Crippen molar-refractivity contribution in [2.75, 3.05) is 0 Å². The second-order valence-electron chi connectivity index (χ2n) is 4.85. The molecule has 1 aliphatic rings. The van der Waals surface area contributed by atoms with Gasteiger partial charge in [-0.05, 0) is 23.9 Å². The van der Waals surface area contributed by atoms with Crippen LogP contribution in [0.15, 0.2) is 0 Å². The first-order valence-electron chi connectivity index (χ1n) is 4.41. The molecular formula is C9H18BN-. The predicted molar refractivity (Wildman–Crippen MR) is 49.6 cm³/mol. The Kier molecular flexibility index (Phi) is 2.08. The van der Waals surface area contributed by atoms with Crippen LogP contribution in [-0.2, 0) is 0 Å². The van der Waals surface area contributed by atoms with Gasteiger partial charge in [-0.25, -0.2) is 0 Å². The summed E-state index contributed by atoms with van der Waals surface area (Å²) in [5.41, 5.74) is 0.365. The van der Waals surface area contributed by atoms with E-state index in [9.17, 15) is 0 Å². The summed E-state index contributed by atoms with van der Waals surface area (Å²) in [6.07, 6.45) is 3.73. The van der Waals surface area contributed by atoms with Gasteiger partial charge in [0.25, 0.3) is 0 Å². The zero-order valence-corrected chi connectivity index (χ0v) is 8.15. The van der Waals surface area contributed by atoms with Gasteiger partial charge < -0.3 is 12.8 Å². The zero-order chi connectivity index (χ0) is 8.70. The fourth-order valence-corrected chi connectivity index (χ4v) is 2.01. The maximum absolute atomic E-state index is 6.02. The molecule has 2 heteroatoms. The average Bonchev–Trinajstić information content (AvgIpc) is 1.82. The molecule has 0 aromatic carbocycles. The monoisotopic (exact) mass is 151 g/mol. The molecule has 0 amide bonds. The van der Waals surface area contributed by atoms with Crippen LogP contribution in [0.4, 0.5) is 0 Å². The van der Waals surface area contributed by atoms with Gasteiger partial charge in [0.2, 0.25) is 0 Å². The second-order valence-corrected chi connectivity index (χ2v) is 4.85.